The van der Waals surface area contributed by atoms with Gasteiger partial charge in [-0.2, -0.15) is 16.9 Å². The van der Waals surface area contributed by atoms with Gasteiger partial charge in [-0.1, -0.05) is 0 Å². The van der Waals surface area contributed by atoms with Gasteiger partial charge in [-0.05, 0) is 12.2 Å². The molecule has 1 aromatic rings. The lowest BCUT2D eigenvalue weighted by Gasteiger charge is -2.24. The highest BCUT2D eigenvalue weighted by Gasteiger charge is 2.43. The van der Waals surface area contributed by atoms with Gasteiger partial charge in [0.2, 0.25) is 0 Å². The van der Waals surface area contributed by atoms with Crippen LogP contribution < -0.4 is 5.32 Å². The number of nitrogens with one attached hydrogen (secondary N) is 1. The number of hydrogen-bond acceptors (Lipinski definition) is 4. The van der Waals surface area contributed by atoms with Crippen molar-refractivity contribution < 1.29 is 14.7 Å². The Balaban J connectivity index is 2.14. The van der Waals surface area contributed by atoms with Crippen molar-refractivity contribution in [2.75, 3.05) is 11.5 Å². The van der Waals surface area contributed by atoms with Crippen LogP contribution in [0.5, 0.6) is 0 Å². The van der Waals surface area contributed by atoms with Crippen LogP contribution in [0.4, 0.5) is 0 Å². The molecule has 2 rings (SSSR count). The molecule has 6 nitrogen and oxygen atoms in total. The van der Waals surface area contributed by atoms with E-state index in [2.05, 4.69) is 10.4 Å². The molecule has 1 aromatic heterocycles. The smallest absolute Gasteiger partial charge is 0.330 e. The standard InChI is InChI=1S/C10H13N3O3S/c1-13-5-7(4-11-13)8(14)12-10(9(15)16)2-3-17-6-10/h4-5H,2-3,6H2,1H3,(H,12,14)(H,15,16). The molecule has 0 aliphatic carbocycles. The molecule has 92 valence electrons. The van der Waals surface area contributed by atoms with Crippen LogP contribution in [-0.4, -0.2) is 43.8 Å². The first-order valence-electron chi connectivity index (χ1n) is 5.16. The maximum absolute atomic E-state index is 11.9. The molecule has 0 saturated carbocycles. The second kappa shape index (κ2) is 4.40. The van der Waals surface area contributed by atoms with E-state index in [0.717, 1.165) is 5.75 Å². The number of aromatic nitrogens is 2. The van der Waals surface area contributed by atoms with Gasteiger partial charge >= 0.3 is 5.97 Å². The van der Waals surface area contributed by atoms with Crippen LogP contribution in [0.25, 0.3) is 0 Å². The molecule has 17 heavy (non-hydrogen) atoms. The van der Waals surface area contributed by atoms with E-state index in [1.165, 1.54) is 22.6 Å². The first-order valence-corrected chi connectivity index (χ1v) is 6.31. The van der Waals surface area contributed by atoms with Gasteiger partial charge in [0.25, 0.3) is 5.91 Å². The van der Waals surface area contributed by atoms with Gasteiger partial charge < -0.3 is 10.4 Å². The van der Waals surface area contributed by atoms with Crippen LogP contribution in [0.3, 0.4) is 0 Å². The van der Waals surface area contributed by atoms with Crippen molar-refractivity contribution in [3.05, 3.63) is 18.0 Å². The van der Waals surface area contributed by atoms with Crippen LogP contribution in [0.15, 0.2) is 12.4 Å². The third-order valence-corrected chi connectivity index (χ3v) is 3.94. The fourth-order valence-electron chi connectivity index (χ4n) is 1.71. The number of carbonyl (C=O) groups is 2. The van der Waals surface area contributed by atoms with Crippen molar-refractivity contribution in [1.82, 2.24) is 15.1 Å². The van der Waals surface area contributed by atoms with E-state index in [4.69, 9.17) is 0 Å². The molecule has 2 N–H and O–H groups in total. The molecule has 2 heterocycles. The number of carboxylic acids is 1. The SMILES string of the molecule is Cn1cc(C(=O)NC2(C(=O)O)CCSC2)cn1. The van der Waals surface area contributed by atoms with Crippen molar-refractivity contribution in [2.45, 2.75) is 12.0 Å². The molecule has 7 heteroatoms. The van der Waals surface area contributed by atoms with Crippen LogP contribution in [0.1, 0.15) is 16.8 Å². The van der Waals surface area contributed by atoms with Crippen molar-refractivity contribution in [1.29, 1.82) is 0 Å². The summed E-state index contributed by atoms with van der Waals surface area (Å²) in [5, 5.41) is 15.7. The first kappa shape index (κ1) is 12.0. The molecule has 0 radical (unpaired) electrons. The summed E-state index contributed by atoms with van der Waals surface area (Å²) in [6.45, 7) is 0. The molecule has 0 bridgehead atoms. The Morgan fingerprint density at radius 1 is 1.65 bits per heavy atom. The Kier molecular flexibility index (Phi) is 3.10. The van der Waals surface area contributed by atoms with Gasteiger partial charge in [0, 0.05) is 19.0 Å². The number of aryl methyl sites for hydroxylation is 1. The predicted molar refractivity (Wildman–Crippen MR) is 63.0 cm³/mol. The summed E-state index contributed by atoms with van der Waals surface area (Å²) in [6.07, 6.45) is 3.44. The zero-order chi connectivity index (χ0) is 12.5. The number of thioether (sulfide) groups is 1. The number of carboxylic acid groups (broad SMARTS) is 1. The third-order valence-electron chi connectivity index (χ3n) is 2.75. The molecule has 1 saturated heterocycles. The number of hydrogen-bond donors (Lipinski definition) is 2. The first-order chi connectivity index (χ1) is 8.03. The minimum absolute atomic E-state index is 0.380. The van der Waals surface area contributed by atoms with E-state index in [1.54, 1.807) is 13.2 Å². The Bertz CT molecular complexity index is 451. The van der Waals surface area contributed by atoms with E-state index in [1.807, 2.05) is 0 Å². The second-order valence-corrected chi connectivity index (χ2v) is 5.15. The highest BCUT2D eigenvalue weighted by molar-refractivity contribution is 7.99. The summed E-state index contributed by atoms with van der Waals surface area (Å²) in [6, 6.07) is 0. The van der Waals surface area contributed by atoms with Crippen molar-refractivity contribution in [3.63, 3.8) is 0 Å². The fourth-order valence-corrected chi connectivity index (χ4v) is 3.04. The zero-order valence-electron chi connectivity index (χ0n) is 9.34. The molecule has 1 aliphatic rings. The molecular formula is C10H13N3O3S. The quantitative estimate of drug-likeness (QED) is 0.801. The molecule has 1 fully saturated rings. The van der Waals surface area contributed by atoms with Gasteiger partial charge in [0.1, 0.15) is 5.54 Å². The van der Waals surface area contributed by atoms with Gasteiger partial charge in [-0.25, -0.2) is 4.79 Å². The van der Waals surface area contributed by atoms with Gasteiger partial charge in [0.05, 0.1) is 11.8 Å². The molecule has 1 atom stereocenters. The predicted octanol–water partition coefficient (Wildman–Crippen LogP) is 0.110. The summed E-state index contributed by atoms with van der Waals surface area (Å²) in [5.74, 6) is -0.198. The summed E-state index contributed by atoms with van der Waals surface area (Å²) >= 11 is 1.54. The lowest BCUT2D eigenvalue weighted by molar-refractivity contribution is -0.143. The minimum atomic E-state index is -1.13. The molecule has 1 aliphatic heterocycles. The summed E-state index contributed by atoms with van der Waals surface area (Å²) in [4.78, 5) is 23.1. The molecular weight excluding hydrogens is 242 g/mol. The van der Waals surface area contributed by atoms with Crippen LogP contribution in [-0.2, 0) is 11.8 Å². The van der Waals surface area contributed by atoms with Gasteiger partial charge in [-0.3, -0.25) is 9.48 Å². The molecule has 1 unspecified atom stereocenters. The van der Waals surface area contributed by atoms with Gasteiger partial charge in [-0.15, -0.1) is 0 Å². The fraction of sp³-hybridized carbons (Fsp3) is 0.500. The van der Waals surface area contributed by atoms with E-state index < -0.39 is 11.5 Å². The zero-order valence-corrected chi connectivity index (χ0v) is 10.2. The lowest BCUT2D eigenvalue weighted by atomic mass is 9.99. The van der Waals surface area contributed by atoms with Crippen LogP contribution in [0.2, 0.25) is 0 Å². The van der Waals surface area contributed by atoms with Crippen molar-refractivity contribution in [3.8, 4) is 0 Å². The number of rotatable bonds is 3. The third kappa shape index (κ3) is 2.28. The number of nitrogens with zero attached hydrogens (tertiary/aromatic N) is 2. The number of amides is 1. The summed E-state index contributed by atoms with van der Waals surface area (Å²) < 4.78 is 1.51. The van der Waals surface area contributed by atoms with Crippen molar-refractivity contribution >= 4 is 23.6 Å². The maximum atomic E-state index is 11.9. The van der Waals surface area contributed by atoms with E-state index in [9.17, 15) is 14.7 Å². The van der Waals surface area contributed by atoms with Crippen LogP contribution >= 0.6 is 11.8 Å². The molecule has 0 aromatic carbocycles. The Hall–Kier alpha value is -1.50. The lowest BCUT2D eigenvalue weighted by Crippen LogP contribution is -2.54. The summed E-state index contributed by atoms with van der Waals surface area (Å²) in [5.41, 5.74) is -0.748. The van der Waals surface area contributed by atoms with Crippen LogP contribution in [0, 0.1) is 0 Å². The highest BCUT2D eigenvalue weighted by Crippen LogP contribution is 2.28. The Morgan fingerprint density at radius 3 is 2.88 bits per heavy atom. The average Bonchev–Trinajstić information content (AvgIpc) is 2.87. The summed E-state index contributed by atoms with van der Waals surface area (Å²) in [7, 11) is 1.70. The minimum Gasteiger partial charge on any atom is -0.479 e. The largest absolute Gasteiger partial charge is 0.479 e. The van der Waals surface area contributed by atoms with E-state index >= 15 is 0 Å². The van der Waals surface area contributed by atoms with Gasteiger partial charge in [0.15, 0.2) is 0 Å². The average molecular weight is 255 g/mol. The number of carbonyl (C=O) groups excluding carboxylic acids is 1. The monoisotopic (exact) mass is 255 g/mol. The maximum Gasteiger partial charge on any atom is 0.330 e. The Morgan fingerprint density at radius 2 is 2.41 bits per heavy atom. The van der Waals surface area contributed by atoms with E-state index in [-0.39, 0.29) is 5.91 Å². The Labute approximate surface area is 102 Å². The molecule has 1 amide bonds. The van der Waals surface area contributed by atoms with E-state index in [0.29, 0.717) is 17.7 Å². The van der Waals surface area contributed by atoms with Crippen molar-refractivity contribution in [2.24, 2.45) is 7.05 Å². The molecule has 0 spiro atoms. The normalized spacial score (nSPS) is 23.6. The second-order valence-electron chi connectivity index (χ2n) is 4.05. The highest BCUT2D eigenvalue weighted by atomic mass is 32.2. The topological polar surface area (TPSA) is 84.2 Å². The number of aliphatic carboxylic acids is 1.